The number of amides is 1. The average molecular weight is 443 g/mol. The van der Waals surface area contributed by atoms with Gasteiger partial charge < -0.3 is 19.4 Å². The van der Waals surface area contributed by atoms with Gasteiger partial charge >= 0.3 is 5.97 Å². The van der Waals surface area contributed by atoms with Gasteiger partial charge in [0, 0.05) is 26.2 Å². The minimum absolute atomic E-state index is 0.0368. The summed E-state index contributed by atoms with van der Waals surface area (Å²) in [6.07, 6.45) is 4.03. The molecule has 8 nitrogen and oxygen atoms in total. The van der Waals surface area contributed by atoms with Crippen LogP contribution in [0.3, 0.4) is 0 Å². The maximum absolute atomic E-state index is 13.0. The molecule has 3 heterocycles. The molecule has 174 valence electrons. The topological polar surface area (TPSA) is 87.9 Å². The zero-order chi connectivity index (χ0) is 22.8. The normalized spacial score (nSPS) is 17.5. The van der Waals surface area contributed by atoms with E-state index in [-0.39, 0.29) is 30.7 Å². The third-order valence-electron chi connectivity index (χ3n) is 6.43. The van der Waals surface area contributed by atoms with Crippen molar-refractivity contribution in [2.24, 2.45) is 0 Å². The van der Waals surface area contributed by atoms with Crippen LogP contribution in [-0.4, -0.2) is 73.0 Å². The molecule has 0 atom stereocenters. The standard InChI is InChI=1S/C24H34N4O4/c1-5-31-24(30)22-21(25-18(29)14-28-12-10-27(4)11-13-28)19-16-8-6-7-9-17(16)20(15(2)3)26-23(19)32-22/h15H,5-14H2,1-4H3,(H,25,29). The zero-order valence-electron chi connectivity index (χ0n) is 19.6. The van der Waals surface area contributed by atoms with Crippen molar-refractivity contribution in [2.45, 2.75) is 52.4 Å². The number of ether oxygens (including phenoxy) is 1. The van der Waals surface area contributed by atoms with E-state index in [1.165, 1.54) is 5.56 Å². The van der Waals surface area contributed by atoms with Gasteiger partial charge in [-0.1, -0.05) is 13.8 Å². The van der Waals surface area contributed by atoms with E-state index in [4.69, 9.17) is 14.1 Å². The van der Waals surface area contributed by atoms with Crippen molar-refractivity contribution >= 4 is 28.7 Å². The molecule has 1 saturated heterocycles. The lowest BCUT2D eigenvalue weighted by molar-refractivity contribution is -0.117. The number of esters is 1. The number of rotatable bonds is 6. The molecule has 0 unspecified atom stereocenters. The lowest BCUT2D eigenvalue weighted by Gasteiger charge is -2.31. The molecule has 0 saturated carbocycles. The first-order valence-corrected chi connectivity index (χ1v) is 11.7. The van der Waals surface area contributed by atoms with Crippen molar-refractivity contribution in [3.05, 3.63) is 22.6 Å². The number of aryl methyl sites for hydroxylation is 1. The number of carbonyl (C=O) groups is 2. The van der Waals surface area contributed by atoms with Gasteiger partial charge in [-0.25, -0.2) is 9.78 Å². The van der Waals surface area contributed by atoms with E-state index in [1.54, 1.807) is 6.92 Å². The van der Waals surface area contributed by atoms with Crippen LogP contribution in [0.15, 0.2) is 4.42 Å². The molecule has 1 aliphatic heterocycles. The first-order chi connectivity index (χ1) is 15.4. The van der Waals surface area contributed by atoms with Crippen molar-refractivity contribution in [1.82, 2.24) is 14.8 Å². The Morgan fingerprint density at radius 2 is 1.81 bits per heavy atom. The van der Waals surface area contributed by atoms with Crippen LogP contribution < -0.4 is 5.32 Å². The van der Waals surface area contributed by atoms with Crippen LogP contribution in [0.1, 0.15) is 66.9 Å². The van der Waals surface area contributed by atoms with E-state index in [0.29, 0.717) is 11.4 Å². The molecule has 0 spiro atoms. The fourth-order valence-electron chi connectivity index (χ4n) is 4.74. The predicted molar refractivity (Wildman–Crippen MR) is 123 cm³/mol. The third kappa shape index (κ3) is 4.52. The Kier molecular flexibility index (Phi) is 6.81. The summed E-state index contributed by atoms with van der Waals surface area (Å²) in [6.45, 7) is 10.1. The van der Waals surface area contributed by atoms with Crippen LogP contribution in [0.5, 0.6) is 0 Å². The van der Waals surface area contributed by atoms with Crippen molar-refractivity contribution in [3.8, 4) is 0 Å². The predicted octanol–water partition coefficient (Wildman–Crippen LogP) is 3.19. The van der Waals surface area contributed by atoms with Crippen LogP contribution >= 0.6 is 0 Å². The van der Waals surface area contributed by atoms with Crippen LogP contribution in [0, 0.1) is 0 Å². The molecule has 1 amide bonds. The fourth-order valence-corrected chi connectivity index (χ4v) is 4.74. The third-order valence-corrected chi connectivity index (χ3v) is 6.43. The molecule has 4 rings (SSSR count). The van der Waals surface area contributed by atoms with Crippen molar-refractivity contribution < 1.29 is 18.7 Å². The van der Waals surface area contributed by atoms with Crippen molar-refractivity contribution in [2.75, 3.05) is 51.7 Å². The fraction of sp³-hybridized carbons (Fsp3) is 0.625. The van der Waals surface area contributed by atoms with E-state index >= 15 is 0 Å². The summed E-state index contributed by atoms with van der Waals surface area (Å²) >= 11 is 0. The van der Waals surface area contributed by atoms with Crippen molar-refractivity contribution in [3.63, 3.8) is 0 Å². The van der Waals surface area contributed by atoms with Gasteiger partial charge in [0.25, 0.3) is 0 Å². The van der Waals surface area contributed by atoms with E-state index in [9.17, 15) is 9.59 Å². The average Bonchev–Trinajstić information content (AvgIpc) is 3.13. The highest BCUT2D eigenvalue weighted by molar-refractivity contribution is 6.10. The van der Waals surface area contributed by atoms with Gasteiger partial charge in [-0.05, 0) is 56.7 Å². The molecule has 2 aromatic rings. The molecule has 2 aromatic heterocycles. The number of piperazine rings is 1. The molecule has 0 aromatic carbocycles. The summed E-state index contributed by atoms with van der Waals surface area (Å²) in [5.41, 5.74) is 4.24. The number of likely N-dealkylation sites (N-methyl/N-ethyl adjacent to an activating group) is 1. The summed E-state index contributed by atoms with van der Waals surface area (Å²) in [6, 6.07) is 0. The maximum atomic E-state index is 13.0. The summed E-state index contributed by atoms with van der Waals surface area (Å²) in [5, 5.41) is 3.76. The number of carbonyl (C=O) groups excluding carboxylic acids is 2. The van der Waals surface area contributed by atoms with Crippen molar-refractivity contribution in [1.29, 1.82) is 0 Å². The number of nitrogens with one attached hydrogen (secondary N) is 1. The van der Waals surface area contributed by atoms with Crippen LogP contribution in [0.2, 0.25) is 0 Å². The van der Waals surface area contributed by atoms with Gasteiger partial charge in [0.15, 0.2) is 0 Å². The molecule has 8 heteroatoms. The molecule has 0 radical (unpaired) electrons. The zero-order valence-corrected chi connectivity index (χ0v) is 19.6. The van der Waals surface area contributed by atoms with Gasteiger partial charge in [-0.3, -0.25) is 9.69 Å². The lowest BCUT2D eigenvalue weighted by atomic mass is 9.86. The minimum atomic E-state index is -0.573. The second kappa shape index (κ2) is 9.58. The van der Waals surface area contributed by atoms with Crippen LogP contribution in [-0.2, 0) is 22.4 Å². The second-order valence-electron chi connectivity index (χ2n) is 9.15. The Labute approximate surface area is 189 Å². The van der Waals surface area contributed by atoms with Gasteiger partial charge in [0.1, 0.15) is 5.69 Å². The highest BCUT2D eigenvalue weighted by Crippen LogP contribution is 2.40. The summed E-state index contributed by atoms with van der Waals surface area (Å²) in [5.74, 6) is -0.441. The highest BCUT2D eigenvalue weighted by atomic mass is 16.5. The minimum Gasteiger partial charge on any atom is -0.460 e. The molecule has 1 N–H and O–H groups in total. The Hall–Kier alpha value is -2.45. The largest absolute Gasteiger partial charge is 0.460 e. The molecule has 1 fully saturated rings. The smallest absolute Gasteiger partial charge is 0.376 e. The Bertz CT molecular complexity index is 1010. The molecule has 0 bridgehead atoms. The van der Waals surface area contributed by atoms with Gasteiger partial charge in [-0.2, -0.15) is 0 Å². The number of aromatic nitrogens is 1. The number of fused-ring (bicyclic) bond motifs is 3. The first kappa shape index (κ1) is 22.7. The highest BCUT2D eigenvalue weighted by Gasteiger charge is 2.30. The Morgan fingerprint density at radius 3 is 2.47 bits per heavy atom. The van der Waals surface area contributed by atoms with E-state index in [2.05, 4.69) is 36.0 Å². The molecular formula is C24H34N4O4. The monoisotopic (exact) mass is 442 g/mol. The lowest BCUT2D eigenvalue weighted by Crippen LogP contribution is -2.47. The number of hydrogen-bond donors (Lipinski definition) is 1. The number of nitrogens with zero attached hydrogens (tertiary/aromatic N) is 3. The molecular weight excluding hydrogens is 408 g/mol. The van der Waals surface area contributed by atoms with Gasteiger partial charge in [-0.15, -0.1) is 0 Å². The number of pyridine rings is 1. The maximum Gasteiger partial charge on any atom is 0.376 e. The number of hydrogen-bond acceptors (Lipinski definition) is 7. The molecule has 32 heavy (non-hydrogen) atoms. The van der Waals surface area contributed by atoms with Gasteiger partial charge in [0.05, 0.1) is 24.2 Å². The molecule has 2 aliphatic rings. The van der Waals surface area contributed by atoms with Gasteiger partial charge in [0.2, 0.25) is 17.4 Å². The quantitative estimate of drug-likeness (QED) is 0.688. The van der Waals surface area contributed by atoms with Crippen LogP contribution in [0.25, 0.3) is 11.1 Å². The number of anilines is 1. The SMILES string of the molecule is CCOC(=O)c1oc2nc(C(C)C)c3c(c2c1NC(=O)CN1CCN(C)CC1)CCCC3. The van der Waals surface area contributed by atoms with Crippen LogP contribution in [0.4, 0.5) is 5.69 Å². The van der Waals surface area contributed by atoms with E-state index in [0.717, 1.165) is 68.5 Å². The summed E-state index contributed by atoms with van der Waals surface area (Å²) in [4.78, 5) is 34.9. The summed E-state index contributed by atoms with van der Waals surface area (Å²) < 4.78 is 11.2. The Balaban J connectivity index is 1.74. The van der Waals surface area contributed by atoms with E-state index < -0.39 is 5.97 Å². The first-order valence-electron chi connectivity index (χ1n) is 11.7. The molecule has 1 aliphatic carbocycles. The Morgan fingerprint density at radius 1 is 1.12 bits per heavy atom. The number of furan rings is 1. The van der Waals surface area contributed by atoms with E-state index in [1.807, 2.05) is 0 Å². The summed E-state index contributed by atoms with van der Waals surface area (Å²) in [7, 11) is 2.09. The second-order valence-corrected chi connectivity index (χ2v) is 9.15.